The number of anilines is 3. The van der Waals surface area contributed by atoms with Gasteiger partial charge in [0.1, 0.15) is 17.1 Å². The summed E-state index contributed by atoms with van der Waals surface area (Å²) in [6, 6.07) is 7.82. The molecule has 0 atom stereocenters. The molecule has 11 heteroatoms. The first-order valence-electron chi connectivity index (χ1n) is 11.9. The molecule has 192 valence electrons. The summed E-state index contributed by atoms with van der Waals surface area (Å²) in [7, 11) is 0. The van der Waals surface area contributed by atoms with Gasteiger partial charge in [0, 0.05) is 18.3 Å². The lowest BCUT2D eigenvalue weighted by Crippen LogP contribution is -2.71. The summed E-state index contributed by atoms with van der Waals surface area (Å²) in [5.74, 6) is -0.411. The number of nitrogens with zero attached hydrogens (tertiary/aromatic N) is 4. The summed E-state index contributed by atoms with van der Waals surface area (Å²) < 4.78 is 24.0. The Hall–Kier alpha value is -4.12. The summed E-state index contributed by atoms with van der Waals surface area (Å²) in [5.41, 5.74) is 1.33. The lowest BCUT2D eigenvalue weighted by molar-refractivity contribution is -0.0851. The van der Waals surface area contributed by atoms with Gasteiger partial charge in [-0.15, -0.1) is 0 Å². The standard InChI is InChI=1S/C26H27FN6O4/c1-25(2,3)37-24(35)32-18-6-4-16(17-5-7-21(27)29-11-17)10-19(18)31-23(34)20-12-30-22(13-28-20)33-9-8-26(33)14-36-15-26/h4-7,10-13H,8-9,14-15H2,1-3H3,(H,31,34)(H,32,35). The van der Waals surface area contributed by atoms with Crippen LogP contribution in [-0.4, -0.2) is 57.9 Å². The molecule has 3 aromatic rings. The molecule has 0 radical (unpaired) electrons. The molecule has 1 spiro atoms. The van der Waals surface area contributed by atoms with Crippen LogP contribution in [0.1, 0.15) is 37.7 Å². The van der Waals surface area contributed by atoms with Gasteiger partial charge in [0.05, 0.1) is 42.5 Å². The Morgan fingerprint density at radius 1 is 1.00 bits per heavy atom. The number of carbonyl (C=O) groups is 2. The zero-order chi connectivity index (χ0) is 26.2. The van der Waals surface area contributed by atoms with Gasteiger partial charge in [-0.25, -0.2) is 19.7 Å². The largest absolute Gasteiger partial charge is 0.444 e. The first kappa shape index (κ1) is 24.6. The Bertz CT molecular complexity index is 1310. The van der Waals surface area contributed by atoms with Crippen molar-refractivity contribution in [3.63, 3.8) is 0 Å². The number of rotatable bonds is 5. The highest BCUT2D eigenvalue weighted by Crippen LogP contribution is 2.39. The number of hydrogen-bond donors (Lipinski definition) is 2. The van der Waals surface area contributed by atoms with Gasteiger partial charge in [-0.3, -0.25) is 10.1 Å². The van der Waals surface area contributed by atoms with E-state index in [4.69, 9.17) is 9.47 Å². The first-order valence-corrected chi connectivity index (χ1v) is 11.9. The van der Waals surface area contributed by atoms with Crippen LogP contribution in [0.15, 0.2) is 48.9 Å². The smallest absolute Gasteiger partial charge is 0.412 e. The number of hydrogen-bond acceptors (Lipinski definition) is 8. The van der Waals surface area contributed by atoms with Crippen LogP contribution < -0.4 is 15.5 Å². The second kappa shape index (κ2) is 9.40. The quantitative estimate of drug-likeness (QED) is 0.493. The SMILES string of the molecule is CC(C)(C)OC(=O)Nc1ccc(-c2ccc(F)nc2)cc1NC(=O)c1cnc(N2CCC23COC3)cn1. The van der Waals surface area contributed by atoms with Crippen molar-refractivity contribution >= 4 is 29.2 Å². The second-order valence-electron chi connectivity index (χ2n) is 10.1. The summed E-state index contributed by atoms with van der Waals surface area (Å²) in [5, 5.41) is 5.46. The fraction of sp³-hybridized carbons (Fsp3) is 0.346. The third kappa shape index (κ3) is 5.21. The molecule has 2 saturated heterocycles. The zero-order valence-electron chi connectivity index (χ0n) is 20.7. The molecule has 2 N–H and O–H groups in total. The molecule has 0 aliphatic carbocycles. The topological polar surface area (TPSA) is 119 Å². The van der Waals surface area contributed by atoms with Crippen molar-refractivity contribution < 1.29 is 23.5 Å². The summed E-state index contributed by atoms with van der Waals surface area (Å²) in [6.07, 6.45) is 4.76. The van der Waals surface area contributed by atoms with Crippen molar-refractivity contribution in [2.45, 2.75) is 38.3 Å². The van der Waals surface area contributed by atoms with E-state index < -0.39 is 23.5 Å². The number of carbonyl (C=O) groups excluding carboxylic acids is 2. The van der Waals surface area contributed by atoms with Gasteiger partial charge in [0.2, 0.25) is 5.95 Å². The van der Waals surface area contributed by atoms with E-state index in [1.165, 1.54) is 18.5 Å². The van der Waals surface area contributed by atoms with Crippen molar-refractivity contribution in [2.24, 2.45) is 0 Å². The number of ether oxygens (including phenoxy) is 2. The molecule has 5 rings (SSSR count). The molecule has 2 aliphatic rings. The van der Waals surface area contributed by atoms with Crippen LogP contribution >= 0.6 is 0 Å². The maximum absolute atomic E-state index is 13.3. The minimum absolute atomic E-state index is 0.0103. The van der Waals surface area contributed by atoms with Crippen molar-refractivity contribution in [1.29, 1.82) is 0 Å². The van der Waals surface area contributed by atoms with E-state index in [1.54, 1.807) is 51.2 Å². The molecular formula is C26H27FN6O4. The predicted molar refractivity (Wildman–Crippen MR) is 135 cm³/mol. The molecule has 0 saturated carbocycles. The third-order valence-electron chi connectivity index (χ3n) is 6.23. The Kier molecular flexibility index (Phi) is 6.24. The van der Waals surface area contributed by atoms with Gasteiger partial charge in [-0.1, -0.05) is 6.07 Å². The molecule has 2 aromatic heterocycles. The highest BCUT2D eigenvalue weighted by Gasteiger charge is 2.51. The van der Waals surface area contributed by atoms with Gasteiger partial charge in [-0.05, 0) is 57.0 Å². The normalized spacial score (nSPS) is 15.9. The monoisotopic (exact) mass is 506 g/mol. The molecular weight excluding hydrogens is 479 g/mol. The van der Waals surface area contributed by atoms with E-state index in [-0.39, 0.29) is 11.2 Å². The number of pyridine rings is 1. The van der Waals surface area contributed by atoms with E-state index in [1.807, 2.05) is 0 Å². The predicted octanol–water partition coefficient (Wildman–Crippen LogP) is 4.26. The van der Waals surface area contributed by atoms with Gasteiger partial charge in [-0.2, -0.15) is 4.39 Å². The van der Waals surface area contributed by atoms with E-state index >= 15 is 0 Å². The van der Waals surface area contributed by atoms with Crippen molar-refractivity contribution in [2.75, 3.05) is 35.3 Å². The maximum Gasteiger partial charge on any atom is 0.412 e. The number of halogens is 1. The van der Waals surface area contributed by atoms with Crippen LogP contribution in [0.2, 0.25) is 0 Å². The van der Waals surface area contributed by atoms with Crippen molar-refractivity contribution in [1.82, 2.24) is 15.0 Å². The average Bonchev–Trinajstić information content (AvgIpc) is 2.78. The molecule has 0 unspecified atom stereocenters. The first-order chi connectivity index (χ1) is 17.6. The highest BCUT2D eigenvalue weighted by molar-refractivity contribution is 6.06. The molecule has 0 bridgehead atoms. The molecule has 1 aromatic carbocycles. The Balaban J connectivity index is 1.37. The highest BCUT2D eigenvalue weighted by atomic mass is 19.1. The Morgan fingerprint density at radius 3 is 2.35 bits per heavy atom. The van der Waals surface area contributed by atoms with Crippen LogP contribution in [0.4, 0.5) is 26.4 Å². The third-order valence-corrected chi connectivity index (χ3v) is 6.23. The number of nitrogens with one attached hydrogen (secondary N) is 2. The summed E-state index contributed by atoms with van der Waals surface area (Å²) in [6.45, 7) is 7.47. The lowest BCUT2D eigenvalue weighted by atomic mass is 9.83. The van der Waals surface area contributed by atoms with Crippen molar-refractivity contribution in [3.8, 4) is 11.1 Å². The number of amides is 2. The molecule has 10 nitrogen and oxygen atoms in total. The number of aromatic nitrogens is 3. The van der Waals surface area contributed by atoms with Crippen LogP contribution in [0.3, 0.4) is 0 Å². The molecule has 2 amide bonds. The Labute approximate surface area is 213 Å². The van der Waals surface area contributed by atoms with Gasteiger partial charge in [0.25, 0.3) is 5.91 Å². The van der Waals surface area contributed by atoms with Gasteiger partial charge in [0.15, 0.2) is 0 Å². The molecule has 2 aliphatic heterocycles. The Morgan fingerprint density at radius 2 is 1.78 bits per heavy atom. The number of benzene rings is 1. The van der Waals surface area contributed by atoms with E-state index in [0.29, 0.717) is 41.5 Å². The van der Waals surface area contributed by atoms with Crippen LogP contribution in [0.25, 0.3) is 11.1 Å². The van der Waals surface area contributed by atoms with Crippen LogP contribution in [0, 0.1) is 5.95 Å². The van der Waals surface area contributed by atoms with Gasteiger partial charge < -0.3 is 19.7 Å². The molecule has 37 heavy (non-hydrogen) atoms. The van der Waals surface area contributed by atoms with E-state index in [0.717, 1.165) is 13.0 Å². The lowest BCUT2D eigenvalue weighted by Gasteiger charge is -2.58. The zero-order valence-corrected chi connectivity index (χ0v) is 20.7. The fourth-order valence-electron chi connectivity index (χ4n) is 4.20. The van der Waals surface area contributed by atoms with Crippen LogP contribution in [-0.2, 0) is 9.47 Å². The molecule has 2 fully saturated rings. The summed E-state index contributed by atoms with van der Waals surface area (Å²) in [4.78, 5) is 40.1. The second-order valence-corrected chi connectivity index (χ2v) is 10.1. The van der Waals surface area contributed by atoms with E-state index in [2.05, 4.69) is 30.5 Å². The molecule has 4 heterocycles. The maximum atomic E-state index is 13.3. The summed E-state index contributed by atoms with van der Waals surface area (Å²) >= 11 is 0. The van der Waals surface area contributed by atoms with Gasteiger partial charge >= 0.3 is 6.09 Å². The van der Waals surface area contributed by atoms with Crippen molar-refractivity contribution in [3.05, 3.63) is 60.6 Å². The minimum Gasteiger partial charge on any atom is -0.444 e. The van der Waals surface area contributed by atoms with Crippen LogP contribution in [0.5, 0.6) is 0 Å². The minimum atomic E-state index is -0.703. The fourth-order valence-corrected chi connectivity index (χ4v) is 4.20. The average molecular weight is 507 g/mol. The van der Waals surface area contributed by atoms with E-state index in [9.17, 15) is 14.0 Å².